The first-order chi connectivity index (χ1) is 15.1. The smallest absolute Gasteiger partial charge is 0.277 e. The van der Waals surface area contributed by atoms with Crippen molar-refractivity contribution in [3.8, 4) is 5.75 Å². The number of benzene rings is 3. The Morgan fingerprint density at radius 3 is 2.68 bits per heavy atom. The fourth-order valence-corrected chi connectivity index (χ4v) is 3.47. The van der Waals surface area contributed by atoms with Crippen LogP contribution in [-0.2, 0) is 11.3 Å². The van der Waals surface area contributed by atoms with E-state index in [9.17, 15) is 4.79 Å². The molecule has 1 amide bonds. The van der Waals surface area contributed by atoms with E-state index >= 15 is 0 Å². The largest absolute Gasteiger partial charge is 0.484 e. The molecule has 1 N–H and O–H groups in total. The summed E-state index contributed by atoms with van der Waals surface area (Å²) < 4.78 is 7.68. The SMILES string of the molecule is Cc1cc(OCC(=O)N/N=C\c2cn(Cc3ccccc3)c3ccccc23)ccc1Cl. The lowest BCUT2D eigenvalue weighted by molar-refractivity contribution is -0.123. The minimum absolute atomic E-state index is 0.131. The van der Waals surface area contributed by atoms with Crippen LogP contribution in [0.15, 0.2) is 84.1 Å². The molecule has 0 saturated heterocycles. The summed E-state index contributed by atoms with van der Waals surface area (Å²) in [5.74, 6) is 0.252. The first-order valence-corrected chi connectivity index (χ1v) is 10.3. The zero-order valence-electron chi connectivity index (χ0n) is 17.1. The second-order valence-corrected chi connectivity index (χ2v) is 7.62. The molecule has 5 nitrogen and oxygen atoms in total. The first kappa shape index (κ1) is 20.7. The molecule has 0 bridgehead atoms. The quantitative estimate of drug-likeness (QED) is 0.324. The standard InChI is InChI=1S/C25H22ClN3O2/c1-18-13-21(11-12-23(18)26)31-17-25(30)28-27-14-20-16-29(15-19-7-3-2-4-8-19)24-10-6-5-9-22(20)24/h2-14,16H,15,17H2,1H3,(H,28,30)/b27-14-. The molecule has 3 aromatic carbocycles. The Bertz CT molecular complexity index is 1230. The van der Waals surface area contributed by atoms with Gasteiger partial charge in [-0.1, -0.05) is 60.1 Å². The number of hydrogen-bond acceptors (Lipinski definition) is 3. The number of carbonyl (C=O) groups is 1. The van der Waals surface area contributed by atoms with Gasteiger partial charge in [-0.3, -0.25) is 4.79 Å². The Morgan fingerprint density at radius 2 is 1.87 bits per heavy atom. The lowest BCUT2D eigenvalue weighted by Gasteiger charge is -2.06. The molecule has 156 valence electrons. The van der Waals surface area contributed by atoms with Crippen LogP contribution in [0.5, 0.6) is 5.75 Å². The third-order valence-corrected chi connectivity index (χ3v) is 5.33. The third-order valence-electron chi connectivity index (χ3n) is 4.91. The Morgan fingerprint density at radius 1 is 1.10 bits per heavy atom. The summed E-state index contributed by atoms with van der Waals surface area (Å²) in [4.78, 5) is 12.1. The van der Waals surface area contributed by atoms with Crippen molar-refractivity contribution in [1.29, 1.82) is 0 Å². The Balaban J connectivity index is 1.42. The summed E-state index contributed by atoms with van der Waals surface area (Å²) >= 11 is 6.00. The topological polar surface area (TPSA) is 55.6 Å². The zero-order valence-corrected chi connectivity index (χ0v) is 17.8. The van der Waals surface area contributed by atoms with Crippen LogP contribution in [0.4, 0.5) is 0 Å². The number of aryl methyl sites for hydroxylation is 1. The number of ether oxygens (including phenoxy) is 1. The third kappa shape index (κ3) is 5.13. The minimum Gasteiger partial charge on any atom is -0.484 e. The molecule has 4 rings (SSSR count). The summed E-state index contributed by atoms with van der Waals surface area (Å²) in [6.07, 6.45) is 3.70. The van der Waals surface area contributed by atoms with Gasteiger partial charge in [-0.15, -0.1) is 0 Å². The molecule has 0 unspecified atom stereocenters. The number of aromatic nitrogens is 1. The number of para-hydroxylation sites is 1. The number of nitrogens with one attached hydrogen (secondary N) is 1. The van der Waals surface area contributed by atoms with E-state index in [4.69, 9.17) is 16.3 Å². The van der Waals surface area contributed by atoms with Gasteiger partial charge in [0.2, 0.25) is 0 Å². The zero-order chi connectivity index (χ0) is 21.6. The van der Waals surface area contributed by atoms with E-state index in [0.29, 0.717) is 10.8 Å². The highest BCUT2D eigenvalue weighted by Gasteiger charge is 2.08. The Labute approximate surface area is 185 Å². The highest BCUT2D eigenvalue weighted by atomic mass is 35.5. The van der Waals surface area contributed by atoms with Crippen molar-refractivity contribution >= 4 is 34.6 Å². The fraction of sp³-hybridized carbons (Fsp3) is 0.120. The Hall–Kier alpha value is -3.57. The van der Waals surface area contributed by atoms with Crippen LogP contribution >= 0.6 is 11.6 Å². The molecule has 0 aliphatic heterocycles. The molecule has 1 aromatic heterocycles. The first-order valence-electron chi connectivity index (χ1n) is 9.93. The summed E-state index contributed by atoms with van der Waals surface area (Å²) in [6.45, 7) is 2.51. The lowest BCUT2D eigenvalue weighted by atomic mass is 10.2. The highest BCUT2D eigenvalue weighted by molar-refractivity contribution is 6.31. The van der Waals surface area contributed by atoms with E-state index in [1.807, 2.05) is 49.5 Å². The molecular weight excluding hydrogens is 410 g/mol. The molecule has 0 radical (unpaired) electrons. The maximum atomic E-state index is 12.1. The van der Waals surface area contributed by atoms with E-state index in [1.165, 1.54) is 5.56 Å². The number of halogens is 1. The molecule has 6 heteroatoms. The molecule has 0 saturated carbocycles. The summed E-state index contributed by atoms with van der Waals surface area (Å²) in [6, 6.07) is 23.7. The molecule has 0 spiro atoms. The second kappa shape index (κ2) is 9.49. The van der Waals surface area contributed by atoms with Crippen LogP contribution < -0.4 is 10.2 Å². The van der Waals surface area contributed by atoms with Crippen LogP contribution in [0, 0.1) is 6.92 Å². The van der Waals surface area contributed by atoms with Gasteiger partial charge in [-0.2, -0.15) is 5.10 Å². The van der Waals surface area contributed by atoms with Crippen molar-refractivity contribution in [2.75, 3.05) is 6.61 Å². The van der Waals surface area contributed by atoms with Gasteiger partial charge >= 0.3 is 0 Å². The minimum atomic E-state index is -0.336. The molecule has 31 heavy (non-hydrogen) atoms. The Kier molecular flexibility index (Phi) is 6.34. The number of fused-ring (bicyclic) bond motifs is 1. The van der Waals surface area contributed by atoms with Crippen molar-refractivity contribution in [2.45, 2.75) is 13.5 Å². The van der Waals surface area contributed by atoms with Gasteiger partial charge in [0.05, 0.1) is 6.21 Å². The van der Waals surface area contributed by atoms with Gasteiger partial charge in [0.15, 0.2) is 6.61 Å². The molecule has 0 atom stereocenters. The summed E-state index contributed by atoms with van der Waals surface area (Å²) in [5, 5.41) is 5.85. The van der Waals surface area contributed by atoms with Gasteiger partial charge < -0.3 is 9.30 Å². The van der Waals surface area contributed by atoms with Crippen molar-refractivity contribution in [2.24, 2.45) is 5.10 Å². The number of rotatable bonds is 7. The second-order valence-electron chi connectivity index (χ2n) is 7.21. The average Bonchev–Trinajstić information content (AvgIpc) is 3.13. The molecule has 0 fully saturated rings. The van der Waals surface area contributed by atoms with Crippen LogP contribution in [0.2, 0.25) is 5.02 Å². The van der Waals surface area contributed by atoms with Crippen LogP contribution in [-0.4, -0.2) is 23.3 Å². The van der Waals surface area contributed by atoms with E-state index in [-0.39, 0.29) is 12.5 Å². The normalized spacial score (nSPS) is 11.2. The molecular formula is C25H22ClN3O2. The highest BCUT2D eigenvalue weighted by Crippen LogP contribution is 2.22. The van der Waals surface area contributed by atoms with Crippen molar-refractivity contribution in [3.63, 3.8) is 0 Å². The summed E-state index contributed by atoms with van der Waals surface area (Å²) in [5.41, 5.74) is 6.67. The van der Waals surface area contributed by atoms with Gasteiger partial charge in [0, 0.05) is 34.2 Å². The number of hydrazone groups is 1. The maximum absolute atomic E-state index is 12.1. The van der Waals surface area contributed by atoms with Crippen LogP contribution in [0.25, 0.3) is 10.9 Å². The van der Waals surface area contributed by atoms with Crippen LogP contribution in [0.3, 0.4) is 0 Å². The van der Waals surface area contributed by atoms with Gasteiger partial charge in [0.1, 0.15) is 5.75 Å². The van der Waals surface area contributed by atoms with E-state index < -0.39 is 0 Å². The van der Waals surface area contributed by atoms with Crippen molar-refractivity contribution in [3.05, 3.63) is 101 Å². The molecule has 4 aromatic rings. The fourth-order valence-electron chi connectivity index (χ4n) is 3.35. The average molecular weight is 432 g/mol. The van der Waals surface area contributed by atoms with Gasteiger partial charge in [0.25, 0.3) is 5.91 Å². The summed E-state index contributed by atoms with van der Waals surface area (Å²) in [7, 11) is 0. The van der Waals surface area contributed by atoms with E-state index in [2.05, 4.69) is 33.3 Å². The maximum Gasteiger partial charge on any atom is 0.277 e. The molecule has 0 aliphatic carbocycles. The molecule has 0 aliphatic rings. The monoisotopic (exact) mass is 431 g/mol. The van der Waals surface area contributed by atoms with Crippen molar-refractivity contribution in [1.82, 2.24) is 9.99 Å². The van der Waals surface area contributed by atoms with Crippen molar-refractivity contribution < 1.29 is 9.53 Å². The van der Waals surface area contributed by atoms with Crippen LogP contribution in [0.1, 0.15) is 16.7 Å². The lowest BCUT2D eigenvalue weighted by Crippen LogP contribution is -2.24. The van der Waals surface area contributed by atoms with E-state index in [0.717, 1.165) is 28.6 Å². The van der Waals surface area contributed by atoms with Gasteiger partial charge in [-0.25, -0.2) is 5.43 Å². The number of carbonyl (C=O) groups excluding carboxylic acids is 1. The van der Waals surface area contributed by atoms with Gasteiger partial charge in [-0.05, 0) is 42.3 Å². The predicted octanol–water partition coefficient (Wildman–Crippen LogP) is 5.18. The van der Waals surface area contributed by atoms with E-state index in [1.54, 1.807) is 24.4 Å². The number of nitrogens with zero attached hydrogens (tertiary/aromatic N) is 2. The number of hydrogen-bond donors (Lipinski definition) is 1. The number of amides is 1. The molecule has 1 heterocycles. The predicted molar refractivity (Wildman–Crippen MR) is 125 cm³/mol.